The molecular formula is C13H13F3N2O2. The first-order valence-electron chi connectivity index (χ1n) is 6.07. The Morgan fingerprint density at radius 2 is 2.25 bits per heavy atom. The summed E-state index contributed by atoms with van der Waals surface area (Å²) in [6, 6.07) is 4.93. The number of nitrogens with one attached hydrogen (secondary N) is 1. The van der Waals surface area contributed by atoms with E-state index in [2.05, 4.69) is 5.32 Å². The lowest BCUT2D eigenvalue weighted by Gasteiger charge is -2.24. The normalized spacial score (nSPS) is 19.4. The van der Waals surface area contributed by atoms with Gasteiger partial charge in [-0.1, -0.05) is 0 Å². The zero-order valence-electron chi connectivity index (χ0n) is 10.5. The molecule has 0 aliphatic carbocycles. The Balaban J connectivity index is 2.12. The summed E-state index contributed by atoms with van der Waals surface area (Å²) in [4.78, 5) is 0. The summed E-state index contributed by atoms with van der Waals surface area (Å²) in [5.74, 6) is -0.286. The summed E-state index contributed by atoms with van der Waals surface area (Å²) < 4.78 is 49.2. The van der Waals surface area contributed by atoms with Crippen LogP contribution in [0.25, 0.3) is 0 Å². The van der Waals surface area contributed by atoms with Gasteiger partial charge >= 0.3 is 6.18 Å². The Morgan fingerprint density at radius 3 is 2.85 bits per heavy atom. The molecule has 0 bridgehead atoms. The molecule has 7 heteroatoms. The van der Waals surface area contributed by atoms with Gasteiger partial charge in [-0.3, -0.25) is 0 Å². The molecule has 0 amide bonds. The van der Waals surface area contributed by atoms with Crippen molar-refractivity contribution in [2.75, 3.05) is 26.3 Å². The number of alkyl halides is 3. The molecular weight excluding hydrogens is 273 g/mol. The number of nitrogens with zero attached hydrogens (tertiary/aromatic N) is 1. The van der Waals surface area contributed by atoms with Gasteiger partial charge in [0.05, 0.1) is 23.8 Å². The predicted molar refractivity (Wildman–Crippen MR) is 64.3 cm³/mol. The molecule has 1 aliphatic rings. The van der Waals surface area contributed by atoms with Gasteiger partial charge in [-0.2, -0.15) is 18.4 Å². The molecule has 108 valence electrons. The van der Waals surface area contributed by atoms with E-state index in [-0.39, 0.29) is 24.0 Å². The summed E-state index contributed by atoms with van der Waals surface area (Å²) >= 11 is 0. The van der Waals surface area contributed by atoms with Crippen LogP contribution >= 0.6 is 0 Å². The lowest BCUT2D eigenvalue weighted by Crippen LogP contribution is -2.41. The van der Waals surface area contributed by atoms with E-state index in [1.807, 2.05) is 0 Å². The molecule has 0 spiro atoms. The van der Waals surface area contributed by atoms with Crippen molar-refractivity contribution in [1.29, 1.82) is 5.26 Å². The minimum absolute atomic E-state index is 0.0297. The van der Waals surface area contributed by atoms with E-state index in [9.17, 15) is 13.2 Å². The summed E-state index contributed by atoms with van der Waals surface area (Å²) in [6.45, 7) is 1.80. The van der Waals surface area contributed by atoms with E-state index >= 15 is 0 Å². The summed E-state index contributed by atoms with van der Waals surface area (Å²) in [6.07, 6.45) is -4.84. The third-order valence-corrected chi connectivity index (χ3v) is 2.84. The van der Waals surface area contributed by atoms with Gasteiger partial charge in [0, 0.05) is 13.1 Å². The van der Waals surface area contributed by atoms with Crippen LogP contribution < -0.4 is 10.1 Å². The zero-order chi connectivity index (χ0) is 14.6. The SMILES string of the molecule is N#Cc1ccc(OCC2CNCCO2)c(C(F)(F)F)c1. The number of halogens is 3. The standard InChI is InChI=1S/C13H13F3N2O2/c14-13(15,16)11-5-9(6-17)1-2-12(11)20-8-10-7-18-3-4-19-10/h1-2,5,10,18H,3-4,7-8H2. The smallest absolute Gasteiger partial charge is 0.420 e. The minimum atomic E-state index is -4.56. The third kappa shape index (κ3) is 3.62. The Hall–Kier alpha value is -1.78. The maximum absolute atomic E-state index is 12.9. The Kier molecular flexibility index (Phi) is 4.47. The second kappa shape index (κ2) is 6.11. The van der Waals surface area contributed by atoms with Crippen LogP contribution in [0.2, 0.25) is 0 Å². The molecule has 4 nitrogen and oxygen atoms in total. The summed E-state index contributed by atoms with van der Waals surface area (Å²) in [5.41, 5.74) is -0.999. The second-order valence-corrected chi connectivity index (χ2v) is 4.33. The topological polar surface area (TPSA) is 54.3 Å². The van der Waals surface area contributed by atoms with Gasteiger partial charge in [0.2, 0.25) is 0 Å². The van der Waals surface area contributed by atoms with E-state index in [4.69, 9.17) is 14.7 Å². The highest BCUT2D eigenvalue weighted by Gasteiger charge is 2.35. The highest BCUT2D eigenvalue weighted by molar-refractivity contribution is 5.43. The fourth-order valence-electron chi connectivity index (χ4n) is 1.86. The van der Waals surface area contributed by atoms with Crippen LogP contribution in [0.1, 0.15) is 11.1 Å². The molecule has 0 saturated carbocycles. The molecule has 1 aromatic carbocycles. The second-order valence-electron chi connectivity index (χ2n) is 4.33. The van der Waals surface area contributed by atoms with Crippen molar-refractivity contribution >= 4 is 0 Å². The average molecular weight is 286 g/mol. The number of rotatable bonds is 3. The number of hydrogen-bond donors (Lipinski definition) is 1. The number of hydrogen-bond acceptors (Lipinski definition) is 4. The molecule has 1 saturated heterocycles. The first-order chi connectivity index (χ1) is 9.50. The largest absolute Gasteiger partial charge is 0.490 e. The monoisotopic (exact) mass is 286 g/mol. The van der Waals surface area contributed by atoms with Crippen LogP contribution in [0.5, 0.6) is 5.75 Å². The molecule has 1 aliphatic heterocycles. The minimum Gasteiger partial charge on any atom is -0.490 e. The number of morpholine rings is 1. The predicted octanol–water partition coefficient (Wildman–Crippen LogP) is 1.94. The maximum atomic E-state index is 12.9. The average Bonchev–Trinajstić information content (AvgIpc) is 2.45. The van der Waals surface area contributed by atoms with Crippen LogP contribution in [0, 0.1) is 11.3 Å². The van der Waals surface area contributed by atoms with Crippen LogP contribution in [0.4, 0.5) is 13.2 Å². The molecule has 0 radical (unpaired) electrons. The van der Waals surface area contributed by atoms with Crippen LogP contribution in [0.15, 0.2) is 18.2 Å². The molecule has 1 heterocycles. The van der Waals surface area contributed by atoms with Crippen molar-refractivity contribution in [3.05, 3.63) is 29.3 Å². The van der Waals surface area contributed by atoms with Crippen molar-refractivity contribution < 1.29 is 22.6 Å². The Morgan fingerprint density at radius 1 is 1.45 bits per heavy atom. The van der Waals surface area contributed by atoms with Gasteiger partial charge in [0.15, 0.2) is 0 Å². The molecule has 2 rings (SSSR count). The van der Waals surface area contributed by atoms with Crippen molar-refractivity contribution in [3.63, 3.8) is 0 Å². The first kappa shape index (κ1) is 14.6. The molecule has 1 atom stereocenters. The number of benzene rings is 1. The van der Waals surface area contributed by atoms with E-state index < -0.39 is 11.7 Å². The summed E-state index contributed by atoms with van der Waals surface area (Å²) in [7, 11) is 0. The lowest BCUT2D eigenvalue weighted by atomic mass is 10.1. The van der Waals surface area contributed by atoms with Gasteiger partial charge in [0.25, 0.3) is 0 Å². The zero-order valence-corrected chi connectivity index (χ0v) is 10.5. The van der Waals surface area contributed by atoms with E-state index in [1.54, 1.807) is 6.07 Å². The van der Waals surface area contributed by atoms with E-state index in [0.29, 0.717) is 13.2 Å². The molecule has 1 N–H and O–H groups in total. The van der Waals surface area contributed by atoms with Gasteiger partial charge in [-0.05, 0) is 18.2 Å². The third-order valence-electron chi connectivity index (χ3n) is 2.84. The van der Waals surface area contributed by atoms with Gasteiger partial charge in [-0.15, -0.1) is 0 Å². The molecule has 1 fully saturated rings. The highest BCUT2D eigenvalue weighted by Crippen LogP contribution is 2.36. The van der Waals surface area contributed by atoms with E-state index in [1.165, 1.54) is 6.07 Å². The molecule has 0 aromatic heterocycles. The van der Waals surface area contributed by atoms with Gasteiger partial charge in [-0.25, -0.2) is 0 Å². The van der Waals surface area contributed by atoms with Gasteiger partial charge in [0.1, 0.15) is 18.5 Å². The Bertz CT molecular complexity index is 505. The first-order valence-corrected chi connectivity index (χ1v) is 6.07. The fraction of sp³-hybridized carbons (Fsp3) is 0.462. The quantitative estimate of drug-likeness (QED) is 0.922. The van der Waals surface area contributed by atoms with Crippen molar-refractivity contribution in [2.45, 2.75) is 12.3 Å². The molecule has 20 heavy (non-hydrogen) atoms. The van der Waals surface area contributed by atoms with E-state index in [0.717, 1.165) is 18.7 Å². The van der Waals surface area contributed by atoms with Crippen molar-refractivity contribution in [2.24, 2.45) is 0 Å². The molecule has 1 unspecified atom stereocenters. The van der Waals surface area contributed by atoms with Crippen molar-refractivity contribution in [3.8, 4) is 11.8 Å². The maximum Gasteiger partial charge on any atom is 0.420 e. The number of ether oxygens (including phenoxy) is 2. The molecule has 1 aromatic rings. The highest BCUT2D eigenvalue weighted by atomic mass is 19.4. The van der Waals surface area contributed by atoms with Crippen LogP contribution in [0.3, 0.4) is 0 Å². The van der Waals surface area contributed by atoms with Crippen molar-refractivity contribution in [1.82, 2.24) is 5.32 Å². The summed E-state index contributed by atoms with van der Waals surface area (Å²) in [5, 5.41) is 11.7. The fourth-order valence-corrected chi connectivity index (χ4v) is 1.86. The lowest BCUT2D eigenvalue weighted by molar-refractivity contribution is -0.139. The van der Waals surface area contributed by atoms with Gasteiger partial charge < -0.3 is 14.8 Å². The van der Waals surface area contributed by atoms with Crippen LogP contribution in [-0.2, 0) is 10.9 Å². The number of nitriles is 1. The Labute approximate surface area is 114 Å². The van der Waals surface area contributed by atoms with Crippen LogP contribution in [-0.4, -0.2) is 32.4 Å².